The van der Waals surface area contributed by atoms with E-state index in [2.05, 4.69) is 43.3 Å². The van der Waals surface area contributed by atoms with E-state index in [9.17, 15) is 0 Å². The van der Waals surface area contributed by atoms with Gasteiger partial charge in [0.25, 0.3) is 0 Å². The first-order chi connectivity index (χ1) is 7.66. The van der Waals surface area contributed by atoms with Crippen LogP contribution in [0.2, 0.25) is 0 Å². The van der Waals surface area contributed by atoms with E-state index in [0.717, 1.165) is 6.54 Å². The van der Waals surface area contributed by atoms with Crippen LogP contribution in [-0.2, 0) is 12.0 Å². The molecule has 88 valence electrons. The molecule has 0 aromatic heterocycles. The zero-order valence-electron chi connectivity index (χ0n) is 10.4. The zero-order chi connectivity index (χ0) is 11.6. The standard InChI is InChI=1S/C14H22N2/c1-16(2)11-14(8-3-9-14)13-6-4-12(10-15)5-7-13/h4-7H,3,8-11,15H2,1-2H3. The summed E-state index contributed by atoms with van der Waals surface area (Å²) >= 11 is 0. The molecule has 0 saturated heterocycles. The maximum absolute atomic E-state index is 5.63. The van der Waals surface area contributed by atoms with E-state index in [4.69, 9.17) is 5.73 Å². The number of benzene rings is 1. The third-order valence-electron chi connectivity index (χ3n) is 3.73. The molecular formula is C14H22N2. The van der Waals surface area contributed by atoms with Crippen molar-refractivity contribution in [3.05, 3.63) is 35.4 Å². The van der Waals surface area contributed by atoms with E-state index in [0.29, 0.717) is 12.0 Å². The first-order valence-electron chi connectivity index (χ1n) is 6.10. The fraction of sp³-hybridized carbons (Fsp3) is 0.571. The van der Waals surface area contributed by atoms with Crippen LogP contribution >= 0.6 is 0 Å². The Morgan fingerprint density at radius 2 is 1.81 bits per heavy atom. The van der Waals surface area contributed by atoms with Crippen molar-refractivity contribution in [2.24, 2.45) is 5.73 Å². The van der Waals surface area contributed by atoms with Gasteiger partial charge >= 0.3 is 0 Å². The van der Waals surface area contributed by atoms with Gasteiger partial charge in [-0.3, -0.25) is 0 Å². The molecule has 0 spiro atoms. The topological polar surface area (TPSA) is 29.3 Å². The maximum atomic E-state index is 5.63. The first-order valence-corrected chi connectivity index (χ1v) is 6.10. The molecular weight excluding hydrogens is 196 g/mol. The molecule has 1 saturated carbocycles. The fourth-order valence-corrected chi connectivity index (χ4v) is 2.74. The molecule has 2 heteroatoms. The van der Waals surface area contributed by atoms with Crippen LogP contribution in [0.4, 0.5) is 0 Å². The highest BCUT2D eigenvalue weighted by Gasteiger charge is 2.38. The van der Waals surface area contributed by atoms with Gasteiger partial charge in [0.2, 0.25) is 0 Å². The molecule has 1 aliphatic carbocycles. The summed E-state index contributed by atoms with van der Waals surface area (Å²) in [5, 5.41) is 0. The van der Waals surface area contributed by atoms with Gasteiger partial charge in [-0.15, -0.1) is 0 Å². The van der Waals surface area contributed by atoms with Crippen LogP contribution < -0.4 is 5.73 Å². The molecule has 0 atom stereocenters. The van der Waals surface area contributed by atoms with Gasteiger partial charge in [-0.2, -0.15) is 0 Å². The van der Waals surface area contributed by atoms with E-state index >= 15 is 0 Å². The first kappa shape index (κ1) is 11.6. The molecule has 1 aromatic rings. The average Bonchev–Trinajstić information content (AvgIpc) is 2.23. The highest BCUT2D eigenvalue weighted by Crippen LogP contribution is 2.44. The number of hydrogen-bond acceptors (Lipinski definition) is 2. The van der Waals surface area contributed by atoms with Crippen molar-refractivity contribution in [1.29, 1.82) is 0 Å². The Kier molecular flexibility index (Phi) is 3.31. The summed E-state index contributed by atoms with van der Waals surface area (Å²) in [5.74, 6) is 0. The number of rotatable bonds is 4. The van der Waals surface area contributed by atoms with E-state index in [1.54, 1.807) is 0 Å². The van der Waals surface area contributed by atoms with Crippen LogP contribution in [0.3, 0.4) is 0 Å². The van der Waals surface area contributed by atoms with Gasteiger partial charge in [-0.25, -0.2) is 0 Å². The zero-order valence-corrected chi connectivity index (χ0v) is 10.4. The lowest BCUT2D eigenvalue weighted by atomic mass is 9.64. The molecule has 2 N–H and O–H groups in total. The molecule has 0 unspecified atom stereocenters. The van der Waals surface area contributed by atoms with Crippen molar-refractivity contribution in [3.8, 4) is 0 Å². The van der Waals surface area contributed by atoms with Crippen LogP contribution in [0.1, 0.15) is 30.4 Å². The minimum atomic E-state index is 0.413. The second-order valence-corrected chi connectivity index (χ2v) is 5.27. The van der Waals surface area contributed by atoms with Gasteiger partial charge in [0.1, 0.15) is 0 Å². The molecule has 1 fully saturated rings. The van der Waals surface area contributed by atoms with Crippen molar-refractivity contribution in [2.75, 3.05) is 20.6 Å². The van der Waals surface area contributed by atoms with Crippen molar-refractivity contribution in [2.45, 2.75) is 31.2 Å². The lowest BCUT2D eigenvalue weighted by molar-refractivity contribution is 0.177. The molecule has 1 aliphatic rings. The van der Waals surface area contributed by atoms with Crippen LogP contribution in [0.15, 0.2) is 24.3 Å². The second-order valence-electron chi connectivity index (χ2n) is 5.27. The Labute approximate surface area is 98.4 Å². The molecule has 0 radical (unpaired) electrons. The summed E-state index contributed by atoms with van der Waals surface area (Å²) in [7, 11) is 4.32. The maximum Gasteiger partial charge on any atom is 0.0178 e. The normalized spacial score (nSPS) is 18.5. The molecule has 1 aromatic carbocycles. The largest absolute Gasteiger partial charge is 0.326 e. The van der Waals surface area contributed by atoms with Gasteiger partial charge < -0.3 is 10.6 Å². The number of hydrogen-bond donors (Lipinski definition) is 1. The van der Waals surface area contributed by atoms with E-state index < -0.39 is 0 Å². The summed E-state index contributed by atoms with van der Waals surface area (Å²) < 4.78 is 0. The summed E-state index contributed by atoms with van der Waals surface area (Å²) in [6.07, 6.45) is 4.02. The van der Waals surface area contributed by atoms with Crippen LogP contribution in [0.25, 0.3) is 0 Å². The summed E-state index contributed by atoms with van der Waals surface area (Å²) in [4.78, 5) is 2.30. The predicted molar refractivity (Wildman–Crippen MR) is 68.4 cm³/mol. The highest BCUT2D eigenvalue weighted by molar-refractivity contribution is 5.31. The molecule has 0 heterocycles. The number of nitrogens with zero attached hydrogens (tertiary/aromatic N) is 1. The van der Waals surface area contributed by atoms with Crippen molar-refractivity contribution in [1.82, 2.24) is 4.90 Å². The minimum Gasteiger partial charge on any atom is -0.326 e. The fourth-order valence-electron chi connectivity index (χ4n) is 2.74. The van der Waals surface area contributed by atoms with Crippen molar-refractivity contribution >= 4 is 0 Å². The second kappa shape index (κ2) is 4.56. The van der Waals surface area contributed by atoms with E-state index in [1.165, 1.54) is 30.4 Å². The van der Waals surface area contributed by atoms with Crippen LogP contribution in [-0.4, -0.2) is 25.5 Å². The summed E-state index contributed by atoms with van der Waals surface area (Å²) in [6.45, 7) is 1.80. The van der Waals surface area contributed by atoms with E-state index in [1.807, 2.05) is 0 Å². The Bertz CT molecular complexity index is 336. The Morgan fingerprint density at radius 3 is 2.19 bits per heavy atom. The van der Waals surface area contributed by atoms with Gasteiger partial charge in [0, 0.05) is 18.5 Å². The highest BCUT2D eigenvalue weighted by atomic mass is 15.1. The van der Waals surface area contributed by atoms with Crippen LogP contribution in [0.5, 0.6) is 0 Å². The third-order valence-corrected chi connectivity index (χ3v) is 3.73. The molecule has 0 amide bonds. The van der Waals surface area contributed by atoms with E-state index in [-0.39, 0.29) is 0 Å². The predicted octanol–water partition coefficient (Wildman–Crippen LogP) is 2.13. The van der Waals surface area contributed by atoms with Gasteiger partial charge in [-0.1, -0.05) is 30.7 Å². The molecule has 0 aliphatic heterocycles. The van der Waals surface area contributed by atoms with Gasteiger partial charge in [-0.05, 0) is 38.1 Å². The quantitative estimate of drug-likeness (QED) is 0.839. The minimum absolute atomic E-state index is 0.413. The Balaban J connectivity index is 2.19. The van der Waals surface area contributed by atoms with Crippen molar-refractivity contribution in [3.63, 3.8) is 0 Å². The monoisotopic (exact) mass is 218 g/mol. The number of likely N-dealkylation sites (N-methyl/N-ethyl adjacent to an activating group) is 1. The Morgan fingerprint density at radius 1 is 1.19 bits per heavy atom. The smallest absolute Gasteiger partial charge is 0.0178 e. The third kappa shape index (κ3) is 2.13. The van der Waals surface area contributed by atoms with Gasteiger partial charge in [0.15, 0.2) is 0 Å². The SMILES string of the molecule is CN(C)CC1(c2ccc(CN)cc2)CCC1. The average molecular weight is 218 g/mol. The molecule has 16 heavy (non-hydrogen) atoms. The molecule has 2 rings (SSSR count). The number of nitrogens with two attached hydrogens (primary N) is 1. The molecule has 0 bridgehead atoms. The lowest BCUT2D eigenvalue weighted by Crippen LogP contribution is -2.43. The van der Waals surface area contributed by atoms with Gasteiger partial charge in [0.05, 0.1) is 0 Å². The Hall–Kier alpha value is -0.860. The summed E-state index contributed by atoms with van der Waals surface area (Å²) in [5.41, 5.74) is 8.76. The van der Waals surface area contributed by atoms with Crippen molar-refractivity contribution < 1.29 is 0 Å². The lowest BCUT2D eigenvalue weighted by Gasteiger charge is -2.44. The molecule has 2 nitrogen and oxygen atoms in total. The summed E-state index contributed by atoms with van der Waals surface area (Å²) in [6, 6.07) is 8.88. The van der Waals surface area contributed by atoms with Crippen LogP contribution in [0, 0.1) is 0 Å².